The number of aliphatic hydroxyl groups excluding tert-OH is 1. The van der Waals surface area contributed by atoms with Gasteiger partial charge in [0.05, 0.1) is 37.1 Å². The summed E-state index contributed by atoms with van der Waals surface area (Å²) in [6.45, 7) is 3.57. The highest BCUT2D eigenvalue weighted by molar-refractivity contribution is 5.99. The number of nitrogens with zero attached hydrogens (tertiary/aromatic N) is 5. The van der Waals surface area contributed by atoms with Crippen molar-refractivity contribution in [2.75, 3.05) is 32.0 Å². The Balaban J connectivity index is 0.971. The molecule has 10 heteroatoms. The molecule has 7 rings (SSSR count). The number of nitrogens with two attached hydrogens (primary N) is 1. The molecule has 250 valence electrons. The quantitative estimate of drug-likeness (QED) is 0.189. The Hall–Kier alpha value is -4.51. The molecule has 48 heavy (non-hydrogen) atoms. The maximum Gasteiger partial charge on any atom is 0.255 e. The van der Waals surface area contributed by atoms with Crippen molar-refractivity contribution in [1.29, 1.82) is 0 Å². The van der Waals surface area contributed by atoms with Gasteiger partial charge in [0, 0.05) is 61.3 Å². The van der Waals surface area contributed by atoms with Gasteiger partial charge >= 0.3 is 0 Å². The van der Waals surface area contributed by atoms with Crippen LogP contribution in [0.5, 0.6) is 0 Å². The van der Waals surface area contributed by atoms with E-state index in [1.165, 1.54) is 27.6 Å². The summed E-state index contributed by atoms with van der Waals surface area (Å²) in [4.78, 5) is 19.9. The molecule has 0 spiro atoms. The van der Waals surface area contributed by atoms with Crippen LogP contribution in [0.3, 0.4) is 0 Å². The smallest absolute Gasteiger partial charge is 0.255 e. The molecule has 4 heterocycles. The minimum Gasteiger partial charge on any atom is -0.395 e. The van der Waals surface area contributed by atoms with Gasteiger partial charge in [0.1, 0.15) is 5.82 Å². The third-order valence-corrected chi connectivity index (χ3v) is 10.2. The van der Waals surface area contributed by atoms with E-state index in [0.717, 1.165) is 68.4 Å². The summed E-state index contributed by atoms with van der Waals surface area (Å²) in [5.74, 6) is 0.527. The molecule has 1 amide bonds. The largest absolute Gasteiger partial charge is 0.395 e. The number of β-amino-alcohol motifs (C(OH)–C–C–N with tert-alkyl or cyclic N) is 1. The Morgan fingerprint density at radius 1 is 0.958 bits per heavy atom. The number of nitrogen functional groups attached to an aromatic ring is 1. The maximum absolute atomic E-state index is 13.3. The number of aliphatic hydroxyl groups is 1. The summed E-state index contributed by atoms with van der Waals surface area (Å²) >= 11 is 0. The third kappa shape index (κ3) is 6.74. The average Bonchev–Trinajstić information content (AvgIpc) is 3.83. The van der Waals surface area contributed by atoms with Gasteiger partial charge in [0.15, 0.2) is 0 Å². The topological polar surface area (TPSA) is 123 Å². The first-order valence-electron chi connectivity index (χ1n) is 17.0. The first-order valence-corrected chi connectivity index (χ1v) is 17.0. The Morgan fingerprint density at radius 3 is 2.50 bits per heavy atom. The van der Waals surface area contributed by atoms with Crippen molar-refractivity contribution >= 4 is 22.6 Å². The van der Waals surface area contributed by atoms with Crippen LogP contribution in [0.1, 0.15) is 59.5 Å². The molecule has 5 aromatic rings. The van der Waals surface area contributed by atoms with Gasteiger partial charge in [-0.2, -0.15) is 5.10 Å². The zero-order chi connectivity index (χ0) is 33.2. The van der Waals surface area contributed by atoms with Gasteiger partial charge in [-0.1, -0.05) is 36.4 Å². The van der Waals surface area contributed by atoms with Crippen LogP contribution in [0.4, 0.5) is 5.82 Å². The highest BCUT2D eigenvalue weighted by Crippen LogP contribution is 2.36. The summed E-state index contributed by atoms with van der Waals surface area (Å²) in [6, 6.07) is 17.1. The Labute approximate surface area is 281 Å². The molecule has 1 saturated carbocycles. The lowest BCUT2D eigenvalue weighted by atomic mass is 9.89. The molecule has 1 saturated heterocycles. The van der Waals surface area contributed by atoms with E-state index in [4.69, 9.17) is 10.5 Å². The molecule has 3 aromatic heterocycles. The molecular weight excluding hydrogens is 602 g/mol. The molecule has 0 unspecified atom stereocenters. The fraction of sp³-hybridized carbons (Fsp3) is 0.395. The second-order valence-corrected chi connectivity index (χ2v) is 13.4. The van der Waals surface area contributed by atoms with E-state index in [1.54, 1.807) is 23.1 Å². The SMILES string of the molecule is Cn1cc(-c2cnc(N)c(C(=O)N[C@H]3CCC[C@@H]3OCc3ccc(-c4ccc5c(C6CCN(CCO)CC6)cn(C)c5c4)cc3)c2)cn1. The number of benzene rings is 2. The Bertz CT molecular complexity index is 1890. The number of anilines is 1. The number of nitrogens with one attached hydrogen (secondary N) is 1. The van der Waals surface area contributed by atoms with Crippen molar-refractivity contribution in [3.8, 4) is 22.3 Å². The van der Waals surface area contributed by atoms with E-state index in [2.05, 4.69) is 80.6 Å². The van der Waals surface area contributed by atoms with Crippen LogP contribution >= 0.6 is 0 Å². The van der Waals surface area contributed by atoms with Crippen LogP contribution < -0.4 is 11.1 Å². The second-order valence-electron chi connectivity index (χ2n) is 13.4. The van der Waals surface area contributed by atoms with Crippen LogP contribution in [0, 0.1) is 0 Å². The van der Waals surface area contributed by atoms with Crippen molar-refractivity contribution in [1.82, 2.24) is 29.5 Å². The zero-order valence-corrected chi connectivity index (χ0v) is 27.8. The lowest BCUT2D eigenvalue weighted by Gasteiger charge is -2.31. The summed E-state index contributed by atoms with van der Waals surface area (Å²) in [7, 11) is 3.99. The van der Waals surface area contributed by atoms with E-state index < -0.39 is 0 Å². The first-order chi connectivity index (χ1) is 23.4. The van der Waals surface area contributed by atoms with E-state index in [1.807, 2.05) is 13.2 Å². The number of aromatic nitrogens is 4. The number of fused-ring (bicyclic) bond motifs is 1. The van der Waals surface area contributed by atoms with E-state index in [0.29, 0.717) is 18.1 Å². The van der Waals surface area contributed by atoms with Crippen molar-refractivity contribution in [3.05, 3.63) is 90.0 Å². The number of aryl methyl sites for hydroxylation is 2. The van der Waals surface area contributed by atoms with E-state index >= 15 is 0 Å². The molecule has 0 radical (unpaired) electrons. The number of amides is 1. The summed E-state index contributed by atoms with van der Waals surface area (Å²) < 4.78 is 10.3. The molecule has 4 N–H and O–H groups in total. The lowest BCUT2D eigenvalue weighted by Crippen LogP contribution is -2.41. The second kappa shape index (κ2) is 13.9. The fourth-order valence-electron chi connectivity index (χ4n) is 7.45. The van der Waals surface area contributed by atoms with Crippen LogP contribution in [-0.4, -0.2) is 73.6 Å². The van der Waals surface area contributed by atoms with Crippen molar-refractivity contribution in [2.45, 2.75) is 56.8 Å². The van der Waals surface area contributed by atoms with Gasteiger partial charge in [-0.3, -0.25) is 9.48 Å². The Kier molecular flexibility index (Phi) is 9.30. The Morgan fingerprint density at radius 2 is 1.75 bits per heavy atom. The third-order valence-electron chi connectivity index (χ3n) is 10.2. The molecule has 0 bridgehead atoms. The standard InChI is InChI=1S/C38H45N7O3/c1-43-23-33(27-12-14-45(15-13-27)16-17-46)31-11-10-28(19-35(31)43)26-8-6-25(7-9-26)24-48-36-5-3-4-34(36)42-38(47)32-18-29(20-40-37(32)39)30-21-41-44(2)22-30/h6-11,18-23,27,34,36,46H,3-5,12-17,24H2,1-2H3,(H2,39,40)(H,42,47)/t34-,36-/m0/s1. The predicted octanol–water partition coefficient (Wildman–Crippen LogP) is 5.26. The minimum atomic E-state index is -0.235. The molecule has 2 fully saturated rings. The van der Waals surface area contributed by atoms with Gasteiger partial charge in [0.25, 0.3) is 5.91 Å². The summed E-state index contributed by atoms with van der Waals surface area (Å²) in [6.07, 6.45) is 12.5. The number of carbonyl (C=O) groups is 1. The van der Waals surface area contributed by atoms with Gasteiger partial charge in [0.2, 0.25) is 0 Å². The van der Waals surface area contributed by atoms with Crippen LogP contribution in [0.25, 0.3) is 33.2 Å². The number of rotatable bonds is 10. The van der Waals surface area contributed by atoms with Gasteiger partial charge < -0.3 is 30.4 Å². The van der Waals surface area contributed by atoms with E-state index in [-0.39, 0.29) is 30.5 Å². The number of pyridine rings is 1. The summed E-state index contributed by atoms with van der Waals surface area (Å²) in [5.41, 5.74) is 14.3. The number of piperidine rings is 1. The highest BCUT2D eigenvalue weighted by atomic mass is 16.5. The predicted molar refractivity (Wildman–Crippen MR) is 188 cm³/mol. The first kappa shape index (κ1) is 32.1. The normalized spacial score (nSPS) is 18.9. The molecule has 1 aliphatic heterocycles. The number of ether oxygens (including phenoxy) is 1. The van der Waals surface area contributed by atoms with Crippen LogP contribution in [0.2, 0.25) is 0 Å². The number of likely N-dealkylation sites (tertiary alicyclic amines) is 1. The van der Waals surface area contributed by atoms with Gasteiger partial charge in [-0.05, 0) is 85.5 Å². The van der Waals surface area contributed by atoms with E-state index in [9.17, 15) is 9.90 Å². The zero-order valence-electron chi connectivity index (χ0n) is 27.8. The number of hydrogen-bond acceptors (Lipinski definition) is 7. The lowest BCUT2D eigenvalue weighted by molar-refractivity contribution is 0.0272. The van der Waals surface area contributed by atoms with Crippen LogP contribution in [-0.2, 0) is 25.4 Å². The molecule has 1 aliphatic carbocycles. The average molecular weight is 648 g/mol. The molecule has 10 nitrogen and oxygen atoms in total. The number of hydrogen-bond donors (Lipinski definition) is 3. The maximum atomic E-state index is 13.3. The monoisotopic (exact) mass is 647 g/mol. The molecule has 2 atom stereocenters. The molecule has 2 aromatic carbocycles. The number of carbonyl (C=O) groups excluding carboxylic acids is 1. The molecule has 2 aliphatic rings. The highest BCUT2D eigenvalue weighted by Gasteiger charge is 2.30. The van der Waals surface area contributed by atoms with Crippen molar-refractivity contribution in [2.24, 2.45) is 14.1 Å². The fourth-order valence-corrected chi connectivity index (χ4v) is 7.45. The minimum absolute atomic E-state index is 0.0693. The van der Waals surface area contributed by atoms with Crippen molar-refractivity contribution < 1.29 is 14.6 Å². The van der Waals surface area contributed by atoms with Crippen LogP contribution in [0.15, 0.2) is 73.3 Å². The van der Waals surface area contributed by atoms with Crippen molar-refractivity contribution in [3.63, 3.8) is 0 Å². The molecular formula is C38H45N7O3. The summed E-state index contributed by atoms with van der Waals surface area (Å²) in [5, 5.41) is 18.0. The van der Waals surface area contributed by atoms with Gasteiger partial charge in [-0.15, -0.1) is 0 Å². The van der Waals surface area contributed by atoms with Gasteiger partial charge in [-0.25, -0.2) is 4.98 Å².